The van der Waals surface area contributed by atoms with Crippen LogP contribution in [0.15, 0.2) is 0 Å². The fourth-order valence-electron chi connectivity index (χ4n) is 2.75. The second-order valence-corrected chi connectivity index (χ2v) is 5.09. The SMILES string of the molecule is CNC1CCN(CC(COC)OC)C(C)C1C. The van der Waals surface area contributed by atoms with Crippen molar-refractivity contribution in [2.24, 2.45) is 5.92 Å². The number of methoxy groups -OCH3 is 2. The molecule has 4 heteroatoms. The van der Waals surface area contributed by atoms with Gasteiger partial charge in [-0.1, -0.05) is 6.92 Å². The first-order valence-electron chi connectivity index (χ1n) is 6.57. The highest BCUT2D eigenvalue weighted by Gasteiger charge is 2.32. The molecule has 1 rings (SSSR count). The number of piperidine rings is 1. The standard InChI is InChI=1S/C13H28N2O2/c1-10-11(2)15(7-6-13(10)14-3)8-12(17-5)9-16-4/h10-14H,6-9H2,1-5H3. The summed E-state index contributed by atoms with van der Waals surface area (Å²) in [7, 11) is 5.55. The minimum atomic E-state index is 0.181. The summed E-state index contributed by atoms with van der Waals surface area (Å²) in [6.45, 7) is 7.42. The Morgan fingerprint density at radius 2 is 2.06 bits per heavy atom. The van der Waals surface area contributed by atoms with Crippen LogP contribution in [0.3, 0.4) is 0 Å². The van der Waals surface area contributed by atoms with Crippen molar-refractivity contribution in [3.8, 4) is 0 Å². The lowest BCUT2D eigenvalue weighted by Gasteiger charge is -2.43. The van der Waals surface area contributed by atoms with Gasteiger partial charge in [-0.2, -0.15) is 0 Å². The van der Waals surface area contributed by atoms with Crippen LogP contribution in [-0.4, -0.2) is 64.1 Å². The highest BCUT2D eigenvalue weighted by Crippen LogP contribution is 2.23. The van der Waals surface area contributed by atoms with E-state index in [1.165, 1.54) is 6.42 Å². The minimum absolute atomic E-state index is 0.181. The van der Waals surface area contributed by atoms with Gasteiger partial charge in [0.1, 0.15) is 0 Å². The van der Waals surface area contributed by atoms with E-state index < -0.39 is 0 Å². The molecule has 0 aromatic rings. The fourth-order valence-corrected chi connectivity index (χ4v) is 2.75. The molecule has 0 saturated carbocycles. The first kappa shape index (κ1) is 14.9. The van der Waals surface area contributed by atoms with Crippen molar-refractivity contribution in [3.63, 3.8) is 0 Å². The van der Waals surface area contributed by atoms with Gasteiger partial charge in [-0.25, -0.2) is 0 Å². The lowest BCUT2D eigenvalue weighted by Crippen LogP contribution is -2.54. The third-order valence-electron chi connectivity index (χ3n) is 4.19. The van der Waals surface area contributed by atoms with Crippen molar-refractivity contribution >= 4 is 0 Å². The second kappa shape index (κ2) is 7.31. The molecule has 0 spiro atoms. The third-order valence-corrected chi connectivity index (χ3v) is 4.19. The Hall–Kier alpha value is -0.160. The average Bonchev–Trinajstić information content (AvgIpc) is 2.34. The summed E-state index contributed by atoms with van der Waals surface area (Å²) in [5.74, 6) is 0.675. The molecule has 0 amide bonds. The summed E-state index contributed by atoms with van der Waals surface area (Å²) in [6.07, 6.45) is 1.39. The van der Waals surface area contributed by atoms with Gasteiger partial charge in [-0.15, -0.1) is 0 Å². The molecule has 0 aromatic heterocycles. The molecule has 0 radical (unpaired) electrons. The molecule has 17 heavy (non-hydrogen) atoms. The molecule has 0 bridgehead atoms. The van der Waals surface area contributed by atoms with Crippen molar-refractivity contribution in [2.75, 3.05) is 41.0 Å². The number of nitrogens with zero attached hydrogens (tertiary/aromatic N) is 1. The Morgan fingerprint density at radius 3 is 2.59 bits per heavy atom. The highest BCUT2D eigenvalue weighted by molar-refractivity contribution is 4.88. The summed E-state index contributed by atoms with van der Waals surface area (Å²) in [4.78, 5) is 2.52. The number of nitrogens with one attached hydrogen (secondary N) is 1. The largest absolute Gasteiger partial charge is 0.382 e. The summed E-state index contributed by atoms with van der Waals surface area (Å²) in [5, 5.41) is 3.41. The van der Waals surface area contributed by atoms with Gasteiger partial charge in [-0.05, 0) is 26.3 Å². The maximum Gasteiger partial charge on any atom is 0.0931 e. The molecule has 4 unspecified atom stereocenters. The predicted molar refractivity (Wildman–Crippen MR) is 70.3 cm³/mol. The van der Waals surface area contributed by atoms with Gasteiger partial charge < -0.3 is 14.8 Å². The quantitative estimate of drug-likeness (QED) is 0.755. The topological polar surface area (TPSA) is 33.7 Å². The van der Waals surface area contributed by atoms with Crippen LogP contribution < -0.4 is 5.32 Å². The van der Waals surface area contributed by atoms with Gasteiger partial charge in [-0.3, -0.25) is 4.90 Å². The molecule has 4 atom stereocenters. The van der Waals surface area contributed by atoms with Crippen LogP contribution in [-0.2, 0) is 9.47 Å². The van der Waals surface area contributed by atoms with Crippen LogP contribution >= 0.6 is 0 Å². The van der Waals surface area contributed by atoms with Crippen LogP contribution in [0.4, 0.5) is 0 Å². The zero-order chi connectivity index (χ0) is 12.8. The van der Waals surface area contributed by atoms with Crippen molar-refractivity contribution < 1.29 is 9.47 Å². The van der Waals surface area contributed by atoms with Crippen molar-refractivity contribution in [3.05, 3.63) is 0 Å². The minimum Gasteiger partial charge on any atom is -0.382 e. The first-order valence-corrected chi connectivity index (χ1v) is 6.57. The van der Waals surface area contributed by atoms with E-state index in [2.05, 4.69) is 31.1 Å². The smallest absolute Gasteiger partial charge is 0.0931 e. The molecular weight excluding hydrogens is 216 g/mol. The second-order valence-electron chi connectivity index (χ2n) is 5.09. The normalized spacial score (nSPS) is 32.6. The van der Waals surface area contributed by atoms with E-state index in [1.54, 1.807) is 14.2 Å². The van der Waals surface area contributed by atoms with Gasteiger partial charge in [0.15, 0.2) is 0 Å². The summed E-state index contributed by atoms with van der Waals surface area (Å²) in [5.41, 5.74) is 0. The third kappa shape index (κ3) is 3.91. The summed E-state index contributed by atoms with van der Waals surface area (Å²) >= 11 is 0. The molecule has 1 heterocycles. The zero-order valence-electron chi connectivity index (χ0n) is 11.9. The van der Waals surface area contributed by atoms with Gasteiger partial charge in [0.05, 0.1) is 12.7 Å². The molecule has 1 aliphatic rings. The fraction of sp³-hybridized carbons (Fsp3) is 1.00. The maximum atomic E-state index is 5.45. The first-order chi connectivity index (χ1) is 8.13. The average molecular weight is 244 g/mol. The Bertz CT molecular complexity index is 214. The molecule has 1 fully saturated rings. The number of ether oxygens (including phenoxy) is 2. The molecule has 1 saturated heterocycles. The van der Waals surface area contributed by atoms with Crippen LogP contribution in [0.1, 0.15) is 20.3 Å². The molecule has 1 aliphatic heterocycles. The van der Waals surface area contributed by atoms with E-state index in [0.29, 0.717) is 24.6 Å². The summed E-state index contributed by atoms with van der Waals surface area (Å²) < 4.78 is 10.6. The zero-order valence-corrected chi connectivity index (χ0v) is 11.9. The monoisotopic (exact) mass is 244 g/mol. The van der Waals surface area contributed by atoms with Gasteiger partial charge in [0.2, 0.25) is 0 Å². The van der Waals surface area contributed by atoms with Gasteiger partial charge >= 0.3 is 0 Å². The molecule has 0 aromatic carbocycles. The van der Waals surface area contributed by atoms with E-state index in [0.717, 1.165) is 13.1 Å². The number of hydrogen-bond donors (Lipinski definition) is 1. The number of rotatable bonds is 6. The Morgan fingerprint density at radius 1 is 1.35 bits per heavy atom. The van der Waals surface area contributed by atoms with E-state index >= 15 is 0 Å². The van der Waals surface area contributed by atoms with E-state index in [-0.39, 0.29) is 6.10 Å². The van der Waals surface area contributed by atoms with E-state index in [1.807, 2.05) is 0 Å². The van der Waals surface area contributed by atoms with Crippen LogP contribution in [0.25, 0.3) is 0 Å². The Balaban J connectivity index is 2.49. The van der Waals surface area contributed by atoms with Gasteiger partial charge in [0.25, 0.3) is 0 Å². The Kier molecular flexibility index (Phi) is 6.41. The lowest BCUT2D eigenvalue weighted by atomic mass is 9.87. The Labute approximate surface area is 106 Å². The number of hydrogen-bond acceptors (Lipinski definition) is 4. The van der Waals surface area contributed by atoms with E-state index in [4.69, 9.17) is 9.47 Å². The molecule has 0 aliphatic carbocycles. The van der Waals surface area contributed by atoms with Crippen molar-refractivity contribution in [2.45, 2.75) is 38.5 Å². The van der Waals surface area contributed by atoms with Crippen LogP contribution in [0, 0.1) is 5.92 Å². The maximum absolute atomic E-state index is 5.45. The van der Waals surface area contributed by atoms with Crippen molar-refractivity contribution in [1.29, 1.82) is 0 Å². The van der Waals surface area contributed by atoms with Gasteiger partial charge in [0, 0.05) is 39.4 Å². The van der Waals surface area contributed by atoms with Crippen LogP contribution in [0.5, 0.6) is 0 Å². The molecule has 1 N–H and O–H groups in total. The number of likely N-dealkylation sites (tertiary alicyclic amines) is 1. The van der Waals surface area contributed by atoms with E-state index in [9.17, 15) is 0 Å². The predicted octanol–water partition coefficient (Wildman–Crippen LogP) is 0.966. The highest BCUT2D eigenvalue weighted by atomic mass is 16.5. The molecule has 102 valence electrons. The van der Waals surface area contributed by atoms with Crippen molar-refractivity contribution in [1.82, 2.24) is 10.2 Å². The molecular formula is C13H28N2O2. The lowest BCUT2D eigenvalue weighted by molar-refractivity contribution is -0.0181. The summed E-state index contributed by atoms with van der Waals surface area (Å²) in [6, 6.07) is 1.24. The molecule has 4 nitrogen and oxygen atoms in total. The van der Waals surface area contributed by atoms with Crippen LogP contribution in [0.2, 0.25) is 0 Å².